The molecule has 0 aliphatic carbocycles. The number of aliphatic hydroxyl groups is 1. The Bertz CT molecular complexity index is 1060. The lowest BCUT2D eigenvalue weighted by Gasteiger charge is -2.27. The molecule has 0 amide bonds. The van der Waals surface area contributed by atoms with Gasteiger partial charge < -0.3 is 15.3 Å². The highest BCUT2D eigenvalue weighted by molar-refractivity contribution is 7.22. The summed E-state index contributed by atoms with van der Waals surface area (Å²) in [7, 11) is 0. The van der Waals surface area contributed by atoms with Gasteiger partial charge in [0, 0.05) is 32.2 Å². The van der Waals surface area contributed by atoms with Crippen molar-refractivity contribution >= 4 is 32.2 Å². The van der Waals surface area contributed by atoms with Gasteiger partial charge in [-0.3, -0.25) is 14.9 Å². The molecule has 12 heteroatoms. The van der Waals surface area contributed by atoms with Crippen LogP contribution in [0.1, 0.15) is 45.6 Å². The van der Waals surface area contributed by atoms with Crippen molar-refractivity contribution in [2.75, 3.05) is 37.7 Å². The lowest BCUT2D eigenvalue weighted by molar-refractivity contribution is -0.383. The number of nitrogens with zero attached hydrogens (tertiary/aromatic N) is 3. The molecule has 34 heavy (non-hydrogen) atoms. The van der Waals surface area contributed by atoms with E-state index in [1.54, 1.807) is 11.8 Å². The zero-order chi connectivity index (χ0) is 25.7. The molecule has 0 saturated carbocycles. The van der Waals surface area contributed by atoms with E-state index in [1.807, 2.05) is 0 Å². The maximum Gasteiger partial charge on any atom is 0.416 e. The van der Waals surface area contributed by atoms with Crippen molar-refractivity contribution in [2.24, 2.45) is 0 Å². The Hall–Kier alpha value is -2.75. The first-order valence-electron chi connectivity index (χ1n) is 10.8. The van der Waals surface area contributed by atoms with Gasteiger partial charge in [-0.1, -0.05) is 50.4 Å². The molecule has 3 rings (SSSR count). The fourth-order valence-electron chi connectivity index (χ4n) is 2.86. The van der Waals surface area contributed by atoms with Gasteiger partial charge in [0.05, 0.1) is 15.9 Å². The van der Waals surface area contributed by atoms with E-state index in [9.17, 15) is 28.1 Å². The predicted molar refractivity (Wildman–Crippen MR) is 128 cm³/mol. The molecule has 1 fully saturated rings. The first kappa shape index (κ1) is 29.3. The standard InChI is InChI=1S/C13H11F3N4O3S.C5H12.C4H6O/c14-13(15,16)7-5-8-10(9(6-7)20(22)23)24-12(18-11(8)21)19-3-1-17-2-4-19;1-3-5-4-2;1-2-3-4-5/h5-6,17H,1-4H2;3-5H2,1-2H3;5H,4H2,1H3. The van der Waals surface area contributed by atoms with Crippen LogP contribution in [0.4, 0.5) is 24.0 Å². The van der Waals surface area contributed by atoms with E-state index in [-0.39, 0.29) is 21.8 Å². The second-order valence-corrected chi connectivity index (χ2v) is 8.08. The molecule has 1 aliphatic rings. The minimum absolute atomic E-state index is 0.0174. The van der Waals surface area contributed by atoms with Crippen LogP contribution in [0, 0.1) is 22.0 Å². The van der Waals surface area contributed by atoms with E-state index < -0.39 is 27.9 Å². The van der Waals surface area contributed by atoms with Crippen LogP contribution in [-0.4, -0.2) is 47.8 Å². The van der Waals surface area contributed by atoms with Crippen molar-refractivity contribution in [1.82, 2.24) is 10.3 Å². The molecule has 2 N–H and O–H groups in total. The van der Waals surface area contributed by atoms with Gasteiger partial charge in [-0.05, 0) is 13.0 Å². The molecule has 1 saturated heterocycles. The van der Waals surface area contributed by atoms with Crippen molar-refractivity contribution in [3.8, 4) is 11.8 Å². The molecule has 1 aromatic heterocycles. The Morgan fingerprint density at radius 2 is 1.88 bits per heavy atom. The number of anilines is 1. The third-order valence-corrected chi connectivity index (χ3v) is 5.73. The second kappa shape index (κ2) is 14.5. The molecule has 0 radical (unpaired) electrons. The molecule has 0 spiro atoms. The van der Waals surface area contributed by atoms with Gasteiger partial charge in [0.1, 0.15) is 11.3 Å². The number of halogens is 3. The quantitative estimate of drug-likeness (QED) is 0.367. The van der Waals surface area contributed by atoms with Gasteiger partial charge in [-0.2, -0.15) is 18.2 Å². The number of benzene rings is 1. The number of fused-ring (bicyclic) bond motifs is 1. The van der Waals surface area contributed by atoms with Crippen LogP contribution < -0.4 is 15.8 Å². The molecule has 0 bridgehead atoms. The van der Waals surface area contributed by atoms with E-state index in [0.29, 0.717) is 38.3 Å². The number of aliphatic hydroxyl groups excluding tert-OH is 1. The van der Waals surface area contributed by atoms with Gasteiger partial charge >= 0.3 is 6.18 Å². The lowest BCUT2D eigenvalue weighted by Crippen LogP contribution is -2.44. The Balaban J connectivity index is 0.000000489. The third kappa shape index (κ3) is 8.89. The van der Waals surface area contributed by atoms with Crippen molar-refractivity contribution in [2.45, 2.75) is 46.2 Å². The van der Waals surface area contributed by atoms with Gasteiger partial charge in [-0.25, -0.2) is 0 Å². The van der Waals surface area contributed by atoms with Crippen molar-refractivity contribution in [3.05, 3.63) is 38.2 Å². The smallest absolute Gasteiger partial charge is 0.384 e. The number of non-ortho nitro benzene ring substituents is 1. The maximum absolute atomic E-state index is 12.9. The van der Waals surface area contributed by atoms with E-state index in [1.165, 1.54) is 19.3 Å². The highest BCUT2D eigenvalue weighted by Crippen LogP contribution is 2.38. The minimum atomic E-state index is -4.78. The summed E-state index contributed by atoms with van der Waals surface area (Å²) in [5.74, 6) is 4.93. The molecule has 2 heterocycles. The molecule has 0 atom stereocenters. The topological polar surface area (TPSA) is 109 Å². The largest absolute Gasteiger partial charge is 0.416 e. The van der Waals surface area contributed by atoms with Crippen LogP contribution in [0.25, 0.3) is 10.1 Å². The molecular formula is C22H29F3N4O4S. The van der Waals surface area contributed by atoms with Crippen LogP contribution >= 0.6 is 11.3 Å². The fourth-order valence-corrected chi connectivity index (χ4v) is 3.98. The normalized spacial score (nSPS) is 13.1. The van der Waals surface area contributed by atoms with Crippen molar-refractivity contribution in [1.29, 1.82) is 0 Å². The van der Waals surface area contributed by atoms with Gasteiger partial charge in [0.2, 0.25) is 0 Å². The highest BCUT2D eigenvalue weighted by Gasteiger charge is 2.34. The van der Waals surface area contributed by atoms with Crippen molar-refractivity contribution in [3.63, 3.8) is 0 Å². The Morgan fingerprint density at radius 1 is 1.26 bits per heavy atom. The summed E-state index contributed by atoms with van der Waals surface area (Å²) >= 11 is 0.860. The van der Waals surface area contributed by atoms with E-state index >= 15 is 0 Å². The van der Waals surface area contributed by atoms with E-state index in [0.717, 1.165) is 11.3 Å². The first-order valence-corrected chi connectivity index (χ1v) is 11.6. The molecule has 0 unspecified atom stereocenters. The average Bonchev–Trinajstić information content (AvgIpc) is 2.80. The van der Waals surface area contributed by atoms with Crippen LogP contribution in [0.3, 0.4) is 0 Å². The van der Waals surface area contributed by atoms with E-state index in [2.05, 4.69) is 36.0 Å². The minimum Gasteiger partial charge on any atom is -0.384 e. The van der Waals surface area contributed by atoms with Gasteiger partial charge in [0.25, 0.3) is 11.2 Å². The maximum atomic E-state index is 12.9. The monoisotopic (exact) mass is 502 g/mol. The van der Waals surface area contributed by atoms with Crippen molar-refractivity contribution < 1.29 is 23.2 Å². The summed E-state index contributed by atoms with van der Waals surface area (Å²) in [5, 5.41) is 22.1. The summed E-state index contributed by atoms with van der Waals surface area (Å²) in [6.07, 6.45) is -0.708. The molecule has 8 nitrogen and oxygen atoms in total. The van der Waals surface area contributed by atoms with Crippen LogP contribution in [0.15, 0.2) is 16.9 Å². The molecular weight excluding hydrogens is 473 g/mol. The summed E-state index contributed by atoms with van der Waals surface area (Å²) < 4.78 is 38.6. The number of hydrogen-bond acceptors (Lipinski definition) is 8. The zero-order valence-corrected chi connectivity index (χ0v) is 20.2. The fraction of sp³-hybridized carbons (Fsp3) is 0.545. The first-order chi connectivity index (χ1) is 16.1. The molecule has 1 aliphatic heterocycles. The lowest BCUT2D eigenvalue weighted by atomic mass is 10.1. The summed E-state index contributed by atoms with van der Waals surface area (Å²) in [5.41, 5.74) is -2.87. The number of nitro groups is 1. The predicted octanol–water partition coefficient (Wildman–Crippen LogP) is 4.19. The molecule has 188 valence electrons. The summed E-state index contributed by atoms with van der Waals surface area (Å²) in [6, 6.07) is 1.08. The third-order valence-electron chi connectivity index (χ3n) is 4.56. The average molecular weight is 503 g/mol. The summed E-state index contributed by atoms with van der Waals surface area (Å²) in [4.78, 5) is 28.0. The number of unbranched alkanes of at least 4 members (excludes halogenated alkanes) is 2. The second-order valence-electron chi connectivity index (χ2n) is 7.10. The Morgan fingerprint density at radius 3 is 2.29 bits per heavy atom. The molecule has 1 aromatic carbocycles. The highest BCUT2D eigenvalue weighted by atomic mass is 32.1. The molecule has 2 aromatic rings. The number of nitrogens with one attached hydrogen (secondary N) is 1. The van der Waals surface area contributed by atoms with Gasteiger partial charge in [0.15, 0.2) is 5.13 Å². The number of nitro benzene ring substituents is 1. The summed E-state index contributed by atoms with van der Waals surface area (Å²) in [6.45, 7) is 8.54. The van der Waals surface area contributed by atoms with Crippen LogP contribution in [0.5, 0.6) is 0 Å². The number of hydrogen-bond donors (Lipinski definition) is 2. The van der Waals surface area contributed by atoms with Crippen LogP contribution in [-0.2, 0) is 6.18 Å². The van der Waals surface area contributed by atoms with Crippen LogP contribution in [0.2, 0.25) is 0 Å². The van der Waals surface area contributed by atoms with E-state index in [4.69, 9.17) is 5.11 Å². The Labute approximate surface area is 200 Å². The Kier molecular flexibility index (Phi) is 12.5. The zero-order valence-electron chi connectivity index (χ0n) is 19.4. The number of rotatable bonds is 4. The number of alkyl halides is 3. The number of aromatic nitrogens is 1. The van der Waals surface area contributed by atoms with Gasteiger partial charge in [-0.15, -0.1) is 5.92 Å². The SMILES string of the molecule is CC#CCO.CCCCC.O=c1nc(N2CCNCC2)sc2c([N+](=O)[O-])cc(C(F)(F)F)cc12. The number of piperazine rings is 1.